The van der Waals surface area contributed by atoms with E-state index < -0.39 is 23.6 Å². The van der Waals surface area contributed by atoms with Crippen molar-refractivity contribution in [1.29, 1.82) is 0 Å². The van der Waals surface area contributed by atoms with Gasteiger partial charge in [-0.3, -0.25) is 15.0 Å². The van der Waals surface area contributed by atoms with Crippen LogP contribution in [-0.2, 0) is 6.61 Å². The molecule has 5 N–H and O–H groups in total. The quantitative estimate of drug-likeness (QED) is 0.336. The van der Waals surface area contributed by atoms with Gasteiger partial charge in [-0.05, 0) is 49.1 Å². The van der Waals surface area contributed by atoms with E-state index in [1.807, 2.05) is 0 Å². The predicted octanol–water partition coefficient (Wildman–Crippen LogP) is 1.53. The number of hydrogen-bond donors (Lipinski definition) is 4. The van der Waals surface area contributed by atoms with Gasteiger partial charge < -0.3 is 25.8 Å². The molecule has 0 radical (unpaired) electrons. The number of primary amides is 1. The van der Waals surface area contributed by atoms with Crippen LogP contribution in [0, 0.1) is 18.6 Å². The molecule has 0 spiro atoms. The Morgan fingerprint density at radius 2 is 1.86 bits per heavy atom. The number of β-amino-alcohol motifs (C(OH)–C–C–N with tert-alkyl or cyclic N) is 1. The highest BCUT2D eigenvalue weighted by Crippen LogP contribution is 2.31. The van der Waals surface area contributed by atoms with Crippen molar-refractivity contribution in [2.75, 3.05) is 57.7 Å². The fourth-order valence-corrected chi connectivity index (χ4v) is 4.39. The lowest BCUT2D eigenvalue weighted by Gasteiger charge is -2.34. The number of benzene rings is 1. The van der Waals surface area contributed by atoms with Crippen molar-refractivity contribution in [1.82, 2.24) is 19.5 Å². The normalized spacial score (nSPS) is 14.6. The van der Waals surface area contributed by atoms with E-state index in [1.165, 1.54) is 6.92 Å². The van der Waals surface area contributed by atoms with Crippen molar-refractivity contribution in [2.45, 2.75) is 20.0 Å². The summed E-state index contributed by atoms with van der Waals surface area (Å²) in [7, 11) is 0. The number of piperazine rings is 1. The van der Waals surface area contributed by atoms with Crippen LogP contribution in [0.25, 0.3) is 0 Å². The zero-order valence-corrected chi connectivity index (χ0v) is 20.3. The number of nitrogens with zero attached hydrogens (tertiary/aromatic N) is 3. The molecule has 0 aliphatic carbocycles. The third-order valence-electron chi connectivity index (χ3n) is 5.64. The number of rotatable bonds is 11. The van der Waals surface area contributed by atoms with E-state index in [4.69, 9.17) is 15.6 Å². The van der Waals surface area contributed by atoms with Crippen LogP contribution in [0.4, 0.5) is 18.6 Å². The third kappa shape index (κ3) is 7.56. The molecule has 0 bridgehead atoms. The molecule has 0 saturated carbocycles. The molecule has 10 nitrogen and oxygen atoms in total. The first-order valence-electron chi connectivity index (χ1n) is 11.3. The number of carbonyl (C=O) groups is 2. The molecule has 1 aliphatic heterocycles. The van der Waals surface area contributed by atoms with Crippen LogP contribution >= 0.6 is 11.5 Å². The first kappa shape index (κ1) is 26.7. The number of hydrogen-bond acceptors (Lipinski definition) is 8. The van der Waals surface area contributed by atoms with Crippen molar-refractivity contribution in [2.24, 2.45) is 5.73 Å². The second-order valence-electron chi connectivity index (χ2n) is 8.18. The molecule has 0 unspecified atom stereocenters. The molecule has 1 aliphatic rings. The molecule has 0 atom stereocenters. The van der Waals surface area contributed by atoms with Gasteiger partial charge in [0.15, 0.2) is 0 Å². The fourth-order valence-electron chi connectivity index (χ4n) is 3.65. The highest BCUT2D eigenvalue weighted by Gasteiger charge is 2.23. The number of nitrogens with two attached hydrogens (primary N) is 1. The smallest absolute Gasteiger partial charge is 0.319 e. The van der Waals surface area contributed by atoms with Crippen LogP contribution in [0.2, 0.25) is 0 Å². The number of aromatic nitrogens is 1. The van der Waals surface area contributed by atoms with Crippen LogP contribution in [0.1, 0.15) is 27.9 Å². The molecule has 13 heteroatoms. The Morgan fingerprint density at radius 1 is 1.17 bits per heavy atom. The maximum atomic E-state index is 14.0. The lowest BCUT2D eigenvalue weighted by atomic mass is 10.1. The van der Waals surface area contributed by atoms with E-state index in [1.54, 1.807) is 0 Å². The van der Waals surface area contributed by atoms with E-state index in [0.717, 1.165) is 62.8 Å². The van der Waals surface area contributed by atoms with E-state index in [0.29, 0.717) is 13.1 Å². The topological polar surface area (TPSA) is 133 Å². The van der Waals surface area contributed by atoms with Crippen molar-refractivity contribution < 1.29 is 28.2 Å². The SMILES string of the molecule is Cc1cc(F)c(COc2nsc(NC(=O)NCCCN3CCN(CCO)CC3)c2C(N)=O)cc1F. The molecule has 3 amide bonds. The minimum atomic E-state index is -0.875. The Kier molecular flexibility index (Phi) is 9.72. The van der Waals surface area contributed by atoms with Gasteiger partial charge in [0.2, 0.25) is 5.88 Å². The Morgan fingerprint density at radius 3 is 2.51 bits per heavy atom. The average molecular weight is 513 g/mol. The molecule has 1 fully saturated rings. The molecule has 192 valence electrons. The first-order chi connectivity index (χ1) is 16.8. The van der Waals surface area contributed by atoms with E-state index >= 15 is 0 Å². The number of aliphatic hydroxyl groups is 1. The van der Waals surface area contributed by atoms with Crippen LogP contribution in [0.3, 0.4) is 0 Å². The van der Waals surface area contributed by atoms with Crippen molar-refractivity contribution in [3.8, 4) is 5.88 Å². The van der Waals surface area contributed by atoms with Crippen LogP contribution in [0.15, 0.2) is 12.1 Å². The number of ether oxygens (including phenoxy) is 1. The number of halogens is 2. The summed E-state index contributed by atoms with van der Waals surface area (Å²) in [6, 6.07) is 1.54. The standard InChI is InChI=1S/C22H30F2N6O4S/c1-14-11-17(24)15(12-16(14)23)13-34-20-18(19(25)32)21(35-28-20)27-22(33)26-3-2-4-29-5-7-30(8-6-29)9-10-31/h11-12,31H,2-10,13H2,1H3,(H2,25,32)(H2,26,27,33). The second-order valence-corrected chi connectivity index (χ2v) is 8.95. The van der Waals surface area contributed by atoms with Gasteiger partial charge in [0.1, 0.15) is 28.8 Å². The van der Waals surface area contributed by atoms with Gasteiger partial charge in [0, 0.05) is 44.8 Å². The third-order valence-corrected chi connectivity index (χ3v) is 6.39. The summed E-state index contributed by atoms with van der Waals surface area (Å²) in [6.07, 6.45) is 0.742. The monoisotopic (exact) mass is 512 g/mol. The maximum Gasteiger partial charge on any atom is 0.319 e. The number of urea groups is 1. The zero-order valence-electron chi connectivity index (χ0n) is 19.5. The molecule has 1 aromatic carbocycles. The van der Waals surface area contributed by atoms with Gasteiger partial charge in [-0.1, -0.05) is 0 Å². The summed E-state index contributed by atoms with van der Waals surface area (Å²) >= 11 is 0.798. The molecule has 2 aromatic rings. The summed E-state index contributed by atoms with van der Waals surface area (Å²) in [5.74, 6) is -2.27. The molecule has 1 aromatic heterocycles. The second kappa shape index (κ2) is 12.7. The highest BCUT2D eigenvalue weighted by atomic mass is 32.1. The average Bonchev–Trinajstić information content (AvgIpc) is 3.22. The van der Waals surface area contributed by atoms with E-state index in [2.05, 4.69) is 24.8 Å². The van der Waals surface area contributed by atoms with Gasteiger partial charge in [-0.15, -0.1) is 0 Å². The predicted molar refractivity (Wildman–Crippen MR) is 128 cm³/mol. The van der Waals surface area contributed by atoms with Crippen LogP contribution < -0.4 is 21.1 Å². The lowest BCUT2D eigenvalue weighted by Crippen LogP contribution is -2.47. The summed E-state index contributed by atoms with van der Waals surface area (Å²) in [6.45, 7) is 6.82. The van der Waals surface area contributed by atoms with Gasteiger partial charge >= 0.3 is 6.03 Å². The molecular formula is C22H30F2N6O4S. The van der Waals surface area contributed by atoms with Gasteiger partial charge in [0.25, 0.3) is 5.91 Å². The minimum absolute atomic E-state index is 0.0430. The molecule has 35 heavy (non-hydrogen) atoms. The summed E-state index contributed by atoms with van der Waals surface area (Å²) in [5.41, 5.74) is 5.41. The van der Waals surface area contributed by atoms with Gasteiger partial charge in [0.05, 0.1) is 6.61 Å². The van der Waals surface area contributed by atoms with E-state index in [-0.39, 0.29) is 40.8 Å². The molecule has 2 heterocycles. The number of aliphatic hydroxyl groups excluding tert-OH is 1. The lowest BCUT2D eigenvalue weighted by molar-refractivity contribution is 0.0996. The van der Waals surface area contributed by atoms with Crippen molar-refractivity contribution >= 4 is 28.5 Å². The Hall–Kier alpha value is -2.87. The summed E-state index contributed by atoms with van der Waals surface area (Å²) < 4.78 is 37.2. The van der Waals surface area contributed by atoms with Gasteiger partial charge in [-0.25, -0.2) is 13.6 Å². The summed E-state index contributed by atoms with van der Waals surface area (Å²) in [5, 5.41) is 14.4. The number of carbonyl (C=O) groups excluding carboxylic acids is 2. The molecule has 1 saturated heterocycles. The number of nitrogens with one attached hydrogen (secondary N) is 2. The van der Waals surface area contributed by atoms with Gasteiger partial charge in [-0.2, -0.15) is 4.37 Å². The van der Waals surface area contributed by atoms with E-state index in [9.17, 15) is 18.4 Å². The molecule has 3 rings (SSSR count). The largest absolute Gasteiger partial charge is 0.471 e. The zero-order chi connectivity index (χ0) is 25.4. The number of anilines is 1. The number of amides is 3. The highest BCUT2D eigenvalue weighted by molar-refractivity contribution is 7.11. The Labute approximate surface area is 206 Å². The first-order valence-corrected chi connectivity index (χ1v) is 12.0. The fraction of sp³-hybridized carbons (Fsp3) is 0.500. The van der Waals surface area contributed by atoms with Crippen LogP contribution in [0.5, 0.6) is 5.88 Å². The van der Waals surface area contributed by atoms with Crippen molar-refractivity contribution in [3.05, 3.63) is 40.5 Å². The summed E-state index contributed by atoms with van der Waals surface area (Å²) in [4.78, 5) is 28.7. The minimum Gasteiger partial charge on any atom is -0.471 e. The Balaban J connectivity index is 1.47. The maximum absolute atomic E-state index is 14.0. The van der Waals surface area contributed by atoms with Crippen LogP contribution in [-0.4, -0.2) is 83.6 Å². The number of aryl methyl sites for hydroxylation is 1. The Bertz CT molecular complexity index is 1030. The van der Waals surface area contributed by atoms with Crippen molar-refractivity contribution in [3.63, 3.8) is 0 Å². The molecular weight excluding hydrogens is 482 g/mol.